The van der Waals surface area contributed by atoms with Crippen molar-refractivity contribution in [1.29, 1.82) is 0 Å². The molecule has 0 atom stereocenters. The third kappa shape index (κ3) is 2.65. The Morgan fingerprint density at radius 1 is 1.06 bits per heavy atom. The number of benzene rings is 1. The fourth-order valence-corrected chi connectivity index (χ4v) is 2.34. The highest BCUT2D eigenvalue weighted by atomic mass is 35.5. The number of halogens is 2. The third-order valence-electron chi connectivity index (χ3n) is 2.66. The zero-order valence-corrected chi connectivity index (χ0v) is 12.0. The lowest BCUT2D eigenvalue weighted by atomic mass is 10.1. The molecule has 2 rings (SSSR count). The Morgan fingerprint density at radius 3 is 2.17 bits per heavy atom. The van der Waals surface area contributed by atoms with Gasteiger partial charge in [0.2, 0.25) is 0 Å². The van der Waals surface area contributed by atoms with Gasteiger partial charge in [-0.25, -0.2) is 9.97 Å². The lowest BCUT2D eigenvalue weighted by Crippen LogP contribution is -2.00. The molecule has 4 heteroatoms. The maximum Gasteiger partial charge on any atom is 0.142 e. The number of hydrogen-bond donors (Lipinski definition) is 0. The van der Waals surface area contributed by atoms with Gasteiger partial charge in [0, 0.05) is 5.92 Å². The zero-order chi connectivity index (χ0) is 13.3. The van der Waals surface area contributed by atoms with Crippen LogP contribution in [-0.4, -0.2) is 9.97 Å². The van der Waals surface area contributed by atoms with Crippen LogP contribution in [0.3, 0.4) is 0 Å². The summed E-state index contributed by atoms with van der Waals surface area (Å²) in [6, 6.07) is 7.96. The number of hydrogen-bond acceptors (Lipinski definition) is 2. The normalized spacial score (nSPS) is 11.0. The summed E-state index contributed by atoms with van der Waals surface area (Å²) < 4.78 is 0. The topological polar surface area (TPSA) is 25.8 Å². The van der Waals surface area contributed by atoms with Crippen LogP contribution in [0, 0.1) is 6.92 Å². The van der Waals surface area contributed by atoms with Crippen LogP contribution in [0.25, 0.3) is 11.1 Å². The highest BCUT2D eigenvalue weighted by Crippen LogP contribution is 2.33. The molecule has 0 bridgehead atoms. The summed E-state index contributed by atoms with van der Waals surface area (Å²) in [7, 11) is 0. The van der Waals surface area contributed by atoms with Crippen LogP contribution in [-0.2, 0) is 0 Å². The highest BCUT2D eigenvalue weighted by Gasteiger charge is 2.15. The van der Waals surface area contributed by atoms with Crippen LogP contribution in [0.5, 0.6) is 0 Å². The first-order valence-electron chi connectivity index (χ1n) is 5.79. The molecular formula is C14H14Cl2N2. The molecule has 0 amide bonds. The van der Waals surface area contributed by atoms with Crippen LogP contribution in [0.1, 0.15) is 31.2 Å². The van der Waals surface area contributed by atoms with Gasteiger partial charge < -0.3 is 0 Å². The van der Waals surface area contributed by atoms with E-state index in [0.717, 1.165) is 11.1 Å². The lowest BCUT2D eigenvalue weighted by molar-refractivity contribution is 0.775. The maximum absolute atomic E-state index is 6.23. The van der Waals surface area contributed by atoms with Crippen LogP contribution < -0.4 is 0 Å². The van der Waals surface area contributed by atoms with Gasteiger partial charge in [0.25, 0.3) is 0 Å². The standard InChI is InChI=1S/C14H14Cl2N2/c1-8(2)14-17-12(15)11(13(16)18-14)10-6-4-5-9(3)7-10/h4-8H,1-3H3. The van der Waals surface area contributed by atoms with E-state index in [0.29, 0.717) is 21.7 Å². The summed E-state index contributed by atoms with van der Waals surface area (Å²) in [5.41, 5.74) is 2.79. The molecule has 0 N–H and O–H groups in total. The largest absolute Gasteiger partial charge is 0.220 e. The molecule has 1 aromatic carbocycles. The van der Waals surface area contributed by atoms with E-state index in [1.165, 1.54) is 0 Å². The van der Waals surface area contributed by atoms with Crippen molar-refractivity contribution in [2.45, 2.75) is 26.7 Å². The van der Waals surface area contributed by atoms with E-state index in [-0.39, 0.29) is 5.92 Å². The molecule has 0 saturated carbocycles. The highest BCUT2D eigenvalue weighted by molar-refractivity contribution is 6.37. The van der Waals surface area contributed by atoms with Gasteiger partial charge in [-0.15, -0.1) is 0 Å². The molecule has 94 valence electrons. The second-order valence-electron chi connectivity index (χ2n) is 4.56. The first kappa shape index (κ1) is 13.3. The van der Waals surface area contributed by atoms with Crippen LogP contribution in [0.4, 0.5) is 0 Å². The van der Waals surface area contributed by atoms with Crippen molar-refractivity contribution in [1.82, 2.24) is 9.97 Å². The van der Waals surface area contributed by atoms with Crippen molar-refractivity contribution in [3.05, 3.63) is 46.0 Å². The fourth-order valence-electron chi connectivity index (χ4n) is 1.72. The molecule has 2 aromatic rings. The number of nitrogens with zero attached hydrogens (tertiary/aromatic N) is 2. The Balaban J connectivity index is 2.59. The Hall–Kier alpha value is -1.12. The second-order valence-corrected chi connectivity index (χ2v) is 5.28. The minimum atomic E-state index is 0.201. The summed E-state index contributed by atoms with van der Waals surface area (Å²) in [5.74, 6) is 0.868. The van der Waals surface area contributed by atoms with Crippen molar-refractivity contribution in [3.63, 3.8) is 0 Å². The van der Waals surface area contributed by atoms with E-state index in [1.54, 1.807) is 0 Å². The summed E-state index contributed by atoms with van der Waals surface area (Å²) in [4.78, 5) is 8.62. The van der Waals surface area contributed by atoms with E-state index >= 15 is 0 Å². The minimum Gasteiger partial charge on any atom is -0.220 e. The third-order valence-corrected chi connectivity index (χ3v) is 3.21. The van der Waals surface area contributed by atoms with Gasteiger partial charge in [0.1, 0.15) is 16.1 Å². The molecule has 2 nitrogen and oxygen atoms in total. The molecule has 0 fully saturated rings. The molecule has 0 aliphatic rings. The molecular weight excluding hydrogens is 267 g/mol. The van der Waals surface area contributed by atoms with Gasteiger partial charge in [-0.1, -0.05) is 66.9 Å². The van der Waals surface area contributed by atoms with Gasteiger partial charge in [-0.2, -0.15) is 0 Å². The van der Waals surface area contributed by atoms with Gasteiger partial charge in [-0.3, -0.25) is 0 Å². The zero-order valence-electron chi connectivity index (χ0n) is 10.5. The molecule has 1 aromatic heterocycles. The van der Waals surface area contributed by atoms with E-state index in [1.807, 2.05) is 45.0 Å². The fraction of sp³-hybridized carbons (Fsp3) is 0.286. The number of aromatic nitrogens is 2. The maximum atomic E-state index is 6.23. The van der Waals surface area contributed by atoms with Crippen LogP contribution in [0.15, 0.2) is 24.3 Å². The lowest BCUT2D eigenvalue weighted by Gasteiger charge is -2.10. The van der Waals surface area contributed by atoms with Gasteiger partial charge in [0.15, 0.2) is 0 Å². The summed E-state index contributed by atoms with van der Waals surface area (Å²) >= 11 is 12.5. The predicted octanol–water partition coefficient (Wildman–Crippen LogP) is 4.88. The van der Waals surface area contributed by atoms with Crippen LogP contribution >= 0.6 is 23.2 Å². The van der Waals surface area contributed by atoms with E-state index in [4.69, 9.17) is 23.2 Å². The smallest absolute Gasteiger partial charge is 0.142 e. The molecule has 0 aliphatic heterocycles. The molecule has 1 heterocycles. The molecule has 0 spiro atoms. The SMILES string of the molecule is Cc1cccc(-c2c(Cl)nc(C(C)C)nc2Cl)c1. The van der Waals surface area contributed by atoms with E-state index < -0.39 is 0 Å². The Bertz CT molecular complexity index is 557. The van der Waals surface area contributed by atoms with Crippen molar-refractivity contribution in [2.75, 3.05) is 0 Å². The second kappa shape index (κ2) is 5.25. The predicted molar refractivity (Wildman–Crippen MR) is 76.3 cm³/mol. The minimum absolute atomic E-state index is 0.201. The van der Waals surface area contributed by atoms with Gasteiger partial charge >= 0.3 is 0 Å². The van der Waals surface area contributed by atoms with Crippen LogP contribution in [0.2, 0.25) is 10.3 Å². The molecule has 0 aliphatic carbocycles. The Morgan fingerprint density at radius 2 is 1.67 bits per heavy atom. The number of aryl methyl sites for hydroxylation is 1. The number of rotatable bonds is 2. The van der Waals surface area contributed by atoms with Crippen molar-refractivity contribution in [3.8, 4) is 11.1 Å². The molecule has 18 heavy (non-hydrogen) atoms. The summed E-state index contributed by atoms with van der Waals surface area (Å²) in [5, 5.41) is 0.814. The van der Waals surface area contributed by atoms with Gasteiger partial charge in [0.05, 0.1) is 5.56 Å². The molecule has 0 saturated heterocycles. The Kier molecular flexibility index (Phi) is 3.88. The monoisotopic (exact) mass is 280 g/mol. The average molecular weight is 281 g/mol. The Labute approximate surface area is 117 Å². The van der Waals surface area contributed by atoms with Crippen molar-refractivity contribution < 1.29 is 0 Å². The first-order chi connectivity index (χ1) is 8.49. The average Bonchev–Trinajstić information content (AvgIpc) is 2.27. The van der Waals surface area contributed by atoms with Crippen molar-refractivity contribution in [2.24, 2.45) is 0 Å². The summed E-state index contributed by atoms with van der Waals surface area (Å²) in [6.07, 6.45) is 0. The molecule has 0 radical (unpaired) electrons. The quantitative estimate of drug-likeness (QED) is 0.733. The summed E-state index contributed by atoms with van der Waals surface area (Å²) in [6.45, 7) is 6.04. The van der Waals surface area contributed by atoms with Gasteiger partial charge in [-0.05, 0) is 12.5 Å². The van der Waals surface area contributed by atoms with Crippen molar-refractivity contribution >= 4 is 23.2 Å². The van der Waals surface area contributed by atoms with E-state index in [2.05, 4.69) is 9.97 Å². The first-order valence-corrected chi connectivity index (χ1v) is 6.54. The van der Waals surface area contributed by atoms with E-state index in [9.17, 15) is 0 Å². The molecule has 0 unspecified atom stereocenters.